The number of rotatable bonds is 10. The lowest BCUT2D eigenvalue weighted by Gasteiger charge is -2.55. The maximum Gasteiger partial charge on any atom is 0.254 e. The van der Waals surface area contributed by atoms with Crippen molar-refractivity contribution in [3.63, 3.8) is 0 Å². The van der Waals surface area contributed by atoms with Crippen LogP contribution in [0.4, 0.5) is 11.8 Å². The summed E-state index contributed by atoms with van der Waals surface area (Å²) in [4.78, 5) is 42.2. The Morgan fingerprint density at radius 1 is 0.911 bits per heavy atom. The zero-order valence-electron chi connectivity index (χ0n) is 32.3. The van der Waals surface area contributed by atoms with Crippen LogP contribution in [-0.2, 0) is 29.5 Å². The largest absolute Gasteiger partial charge is 0.497 e. The Morgan fingerprint density at radius 2 is 1.59 bits per heavy atom. The van der Waals surface area contributed by atoms with E-state index in [-0.39, 0.29) is 11.9 Å². The van der Waals surface area contributed by atoms with Crippen LogP contribution in [0.15, 0.2) is 83.6 Å². The Labute approximate surface area is 336 Å². The second kappa shape index (κ2) is 16.2. The van der Waals surface area contributed by atoms with Gasteiger partial charge >= 0.3 is 0 Å². The molecule has 12 nitrogen and oxygen atoms in total. The number of likely N-dealkylation sites (N-methyl/N-ethyl adjacent to an activating group) is 1. The van der Waals surface area contributed by atoms with Gasteiger partial charge in [-0.05, 0) is 86.0 Å². The number of amides is 1. The van der Waals surface area contributed by atoms with Crippen LogP contribution in [0.1, 0.15) is 38.4 Å². The van der Waals surface area contributed by atoms with Gasteiger partial charge in [-0.2, -0.15) is 4.98 Å². The molecule has 3 aromatic carbocycles. The minimum absolute atomic E-state index is 0.0653. The van der Waals surface area contributed by atoms with Crippen LogP contribution < -0.4 is 19.7 Å². The summed E-state index contributed by atoms with van der Waals surface area (Å²) in [6, 6.07) is 21.9. The first-order chi connectivity index (χ1) is 27.3. The number of hydrogen-bond acceptors (Lipinski definition) is 11. The van der Waals surface area contributed by atoms with E-state index in [4.69, 9.17) is 34.1 Å². The first-order valence-electron chi connectivity index (χ1n) is 19.1. The van der Waals surface area contributed by atoms with Gasteiger partial charge in [-0.25, -0.2) is 15.0 Å². The highest BCUT2D eigenvalue weighted by atomic mass is 79.9. The molecule has 5 heterocycles. The summed E-state index contributed by atoms with van der Waals surface area (Å²) < 4.78 is 17.6. The van der Waals surface area contributed by atoms with Crippen LogP contribution in [0.3, 0.4) is 0 Å². The fourth-order valence-electron chi connectivity index (χ4n) is 8.28. The number of fused-ring (bicyclic) bond motifs is 1. The van der Waals surface area contributed by atoms with E-state index in [2.05, 4.69) is 62.4 Å². The van der Waals surface area contributed by atoms with E-state index in [0.29, 0.717) is 56.5 Å². The second-order valence-electron chi connectivity index (χ2n) is 14.7. The molecule has 2 saturated heterocycles. The fraction of sp³-hybridized carbons (Fsp3) is 0.372. The number of methoxy groups -OCH3 is 2. The smallest absolute Gasteiger partial charge is 0.254 e. The average molecular weight is 820 g/mol. The molecule has 0 bridgehead atoms. The van der Waals surface area contributed by atoms with Gasteiger partial charge < -0.3 is 29.3 Å². The van der Waals surface area contributed by atoms with Crippen molar-refractivity contribution in [3.8, 4) is 22.8 Å². The number of nitrogens with zero attached hydrogens (tertiary/aromatic N) is 7. The molecule has 0 radical (unpaired) electrons. The third-order valence-corrected chi connectivity index (χ3v) is 12.3. The summed E-state index contributed by atoms with van der Waals surface area (Å²) in [5.74, 6) is 3.59. The lowest BCUT2D eigenvalue weighted by molar-refractivity contribution is -0.0376. The molecule has 2 fully saturated rings. The molecule has 1 amide bonds. The van der Waals surface area contributed by atoms with Crippen LogP contribution in [0.5, 0.6) is 11.5 Å². The maximum absolute atomic E-state index is 15.1. The molecule has 0 spiro atoms. The first-order valence-corrected chi connectivity index (χ1v) is 19.9. The summed E-state index contributed by atoms with van der Waals surface area (Å²) in [6.45, 7) is 6.69. The van der Waals surface area contributed by atoms with Crippen molar-refractivity contribution in [2.45, 2.75) is 37.8 Å². The number of ether oxygens (including phenoxy) is 3. The number of hydrogen-bond donors (Lipinski definition) is 1. The van der Waals surface area contributed by atoms with Gasteiger partial charge in [-0.1, -0.05) is 40.2 Å². The van der Waals surface area contributed by atoms with Crippen molar-refractivity contribution in [1.29, 1.82) is 0 Å². The molecule has 13 heteroatoms. The molecule has 2 atom stereocenters. The number of nitrogens with one attached hydrogen (secondary N) is 1. The Kier molecular flexibility index (Phi) is 10.9. The molecule has 5 aromatic rings. The van der Waals surface area contributed by atoms with Crippen LogP contribution in [-0.4, -0.2) is 109 Å². The van der Waals surface area contributed by atoms with Crippen molar-refractivity contribution in [1.82, 2.24) is 29.7 Å². The minimum Gasteiger partial charge on any atom is -0.497 e. The normalized spacial score (nSPS) is 19.7. The Hall–Kier alpha value is -5.11. The highest BCUT2D eigenvalue weighted by molar-refractivity contribution is 9.10. The van der Waals surface area contributed by atoms with Crippen molar-refractivity contribution in [3.05, 3.63) is 117 Å². The maximum atomic E-state index is 15.1. The first kappa shape index (κ1) is 37.8. The van der Waals surface area contributed by atoms with Gasteiger partial charge in [-0.15, -0.1) is 0 Å². The molecular weight excluding hydrogens is 772 g/mol. The molecule has 56 heavy (non-hydrogen) atoms. The van der Waals surface area contributed by atoms with Gasteiger partial charge in [0.2, 0.25) is 5.95 Å². The van der Waals surface area contributed by atoms with Gasteiger partial charge in [0, 0.05) is 78.7 Å². The summed E-state index contributed by atoms with van der Waals surface area (Å²) >= 11 is 3.63. The Morgan fingerprint density at radius 3 is 2.25 bits per heavy atom. The SMILES string of the molecule is COc1ccc(CC2N(C)CCN(C(=O)c3ccc(Br)c(C)c3)C2(Cc2ccc(OC)cc2)c2ncc(-c3nc(N4CCOCC4)nc4c3CCN4)cn2)cc1. The lowest BCUT2D eigenvalue weighted by atomic mass is 9.75. The molecule has 0 saturated carbocycles. The number of carbonyl (C=O) groups excluding carboxylic acids is 1. The lowest BCUT2D eigenvalue weighted by Crippen LogP contribution is -2.68. The summed E-state index contributed by atoms with van der Waals surface area (Å²) in [5.41, 5.74) is 5.46. The van der Waals surface area contributed by atoms with E-state index in [9.17, 15) is 0 Å². The number of aromatic nitrogens is 4. The zero-order chi connectivity index (χ0) is 38.8. The Bertz CT molecular complexity index is 2180. The van der Waals surface area contributed by atoms with Crippen LogP contribution >= 0.6 is 15.9 Å². The van der Waals surface area contributed by atoms with Gasteiger partial charge in [0.1, 0.15) is 22.9 Å². The summed E-state index contributed by atoms with van der Waals surface area (Å²) in [7, 11) is 5.48. The van der Waals surface area contributed by atoms with Gasteiger partial charge in [0.15, 0.2) is 5.82 Å². The monoisotopic (exact) mass is 818 g/mol. The number of anilines is 2. The molecule has 2 unspecified atom stereocenters. The standard InChI is InChI=1S/C43H47BrN8O4/c1-28-23-31(9-14-36(28)44)40(53)52-18-17-50(2)37(24-29-5-10-33(54-3)11-6-29)43(52,25-30-7-12-34(55-4)13-8-30)41-46-26-32(27-47-41)38-35-15-16-45-39(35)49-42(48-38)51-19-21-56-22-20-51/h5-14,23,26-27,37H,15-22,24-25H2,1-4H3,(H,45,48,49). The van der Waals surface area contributed by atoms with Crippen LogP contribution in [0, 0.1) is 6.92 Å². The summed E-state index contributed by atoms with van der Waals surface area (Å²) in [5, 5.41) is 3.46. The number of carbonyl (C=O) groups is 1. The van der Waals surface area contributed by atoms with Crippen molar-refractivity contribution in [2.75, 3.05) is 77.4 Å². The molecule has 2 aromatic heterocycles. The third kappa shape index (κ3) is 7.31. The predicted molar refractivity (Wildman–Crippen MR) is 220 cm³/mol. The molecule has 0 aliphatic carbocycles. The third-order valence-electron chi connectivity index (χ3n) is 11.4. The number of piperazine rings is 1. The molecular formula is C43H47BrN8O4. The molecule has 3 aliphatic heterocycles. The number of halogens is 1. The van der Waals surface area contributed by atoms with Gasteiger partial charge in [-0.3, -0.25) is 9.69 Å². The molecule has 1 N–H and O–H groups in total. The van der Waals surface area contributed by atoms with E-state index in [1.807, 2.05) is 66.7 Å². The number of morpholine rings is 1. The van der Waals surface area contributed by atoms with Crippen molar-refractivity contribution in [2.24, 2.45) is 0 Å². The number of aryl methyl sites for hydroxylation is 1. The summed E-state index contributed by atoms with van der Waals surface area (Å²) in [6.07, 6.45) is 5.68. The second-order valence-corrected chi connectivity index (χ2v) is 15.5. The van der Waals surface area contributed by atoms with Crippen molar-refractivity contribution < 1.29 is 19.0 Å². The van der Waals surface area contributed by atoms with Gasteiger partial charge in [0.05, 0.1) is 33.1 Å². The zero-order valence-corrected chi connectivity index (χ0v) is 33.9. The fourth-order valence-corrected chi connectivity index (χ4v) is 8.53. The molecule has 3 aliphatic rings. The average Bonchev–Trinajstić information content (AvgIpc) is 3.73. The topological polar surface area (TPSA) is 118 Å². The van der Waals surface area contributed by atoms with Crippen molar-refractivity contribution >= 4 is 33.6 Å². The predicted octanol–water partition coefficient (Wildman–Crippen LogP) is 5.96. The number of benzene rings is 3. The van der Waals surface area contributed by atoms with E-state index in [0.717, 1.165) is 81.4 Å². The van der Waals surface area contributed by atoms with E-state index < -0.39 is 5.54 Å². The Balaban J connectivity index is 1.29. The molecule has 290 valence electrons. The molecule has 8 rings (SSSR count). The van der Waals surface area contributed by atoms with Gasteiger partial charge in [0.25, 0.3) is 5.91 Å². The van der Waals surface area contributed by atoms with Crippen LogP contribution in [0.2, 0.25) is 0 Å². The van der Waals surface area contributed by atoms with E-state index >= 15 is 4.79 Å². The van der Waals surface area contributed by atoms with E-state index in [1.165, 1.54) is 0 Å². The minimum atomic E-state index is -0.994. The highest BCUT2D eigenvalue weighted by Crippen LogP contribution is 2.43. The quantitative estimate of drug-likeness (QED) is 0.180. The van der Waals surface area contributed by atoms with E-state index in [1.54, 1.807) is 14.2 Å². The highest BCUT2D eigenvalue weighted by Gasteiger charge is 2.54. The van der Waals surface area contributed by atoms with Crippen LogP contribution in [0.25, 0.3) is 11.3 Å².